The predicted molar refractivity (Wildman–Crippen MR) is 54.5 cm³/mol. The van der Waals surface area contributed by atoms with Crippen molar-refractivity contribution >= 4 is 15.6 Å². The largest absolute Gasteiger partial charge is 0.790 e. The summed E-state index contributed by atoms with van der Waals surface area (Å²) in [5, 5.41) is 0. The van der Waals surface area contributed by atoms with Gasteiger partial charge in [-0.25, -0.2) is 4.57 Å². The van der Waals surface area contributed by atoms with Crippen molar-refractivity contribution < 1.29 is 37.8 Å². The van der Waals surface area contributed by atoms with Crippen LogP contribution in [0.25, 0.3) is 0 Å². The number of hydrogen-bond donors (Lipinski definition) is 2. The summed E-state index contributed by atoms with van der Waals surface area (Å²) in [6.07, 6.45) is -0.470. The Kier molecular flexibility index (Phi) is 7.06. The zero-order valence-electron chi connectivity index (χ0n) is 9.51. The molecule has 10 heteroatoms. The molecule has 2 unspecified atom stereocenters. The summed E-state index contributed by atoms with van der Waals surface area (Å²) in [6, 6.07) is 0. The molecule has 0 aliphatic carbocycles. The molecule has 0 aliphatic heterocycles. The Bertz CT molecular complexity index is 307. The fourth-order valence-corrected chi connectivity index (χ4v) is 2.15. The molecule has 0 aromatic heterocycles. The summed E-state index contributed by atoms with van der Waals surface area (Å²) in [4.78, 5) is 37.8. The predicted octanol–water partition coefficient (Wildman–Crippen LogP) is -0.254. The van der Waals surface area contributed by atoms with Gasteiger partial charge in [0.05, 0.1) is 20.5 Å². The van der Waals surface area contributed by atoms with E-state index in [0.717, 1.165) is 0 Å². The Balaban J connectivity index is 4.31. The Labute approximate surface area is 99.4 Å². The number of phosphoric ester groups is 2. The average molecular weight is 290 g/mol. The van der Waals surface area contributed by atoms with Crippen LogP contribution in [0.4, 0.5) is 0 Å². The Morgan fingerprint density at radius 2 is 1.82 bits per heavy atom. The topological polar surface area (TPSA) is 139 Å². The minimum absolute atomic E-state index is 0.0887. The van der Waals surface area contributed by atoms with Crippen molar-refractivity contribution in [2.24, 2.45) is 5.92 Å². The normalized spacial score (nSPS) is 16.8. The number of hydrogen-bond acceptors (Lipinski definition) is 6. The maximum absolute atomic E-state index is 10.5. The molecule has 0 rings (SSSR count). The van der Waals surface area contributed by atoms with Crippen LogP contribution in [0, 0.1) is 5.92 Å². The lowest BCUT2D eigenvalue weighted by Crippen LogP contribution is -2.28. The van der Waals surface area contributed by atoms with Crippen molar-refractivity contribution in [2.45, 2.75) is 32.8 Å². The van der Waals surface area contributed by atoms with Gasteiger partial charge in [-0.2, -0.15) is 0 Å². The average Bonchev–Trinajstić information content (AvgIpc) is 2.11. The second-order valence-corrected chi connectivity index (χ2v) is 5.93. The van der Waals surface area contributed by atoms with Gasteiger partial charge in [-0.3, -0.25) is 4.52 Å². The molecule has 0 radical (unpaired) electrons. The first-order chi connectivity index (χ1) is 7.55. The highest BCUT2D eigenvalue weighted by Gasteiger charge is 2.20. The van der Waals surface area contributed by atoms with E-state index in [-0.39, 0.29) is 18.9 Å². The number of phosphoric acid groups is 2. The van der Waals surface area contributed by atoms with Gasteiger partial charge in [0.25, 0.3) is 0 Å². The highest BCUT2D eigenvalue weighted by molar-refractivity contribution is 7.46. The minimum Gasteiger partial charge on any atom is -0.790 e. The lowest BCUT2D eigenvalue weighted by Gasteiger charge is -2.35. The maximum atomic E-state index is 10.5. The van der Waals surface area contributed by atoms with E-state index >= 15 is 0 Å². The molecule has 0 aromatic carbocycles. The lowest BCUT2D eigenvalue weighted by molar-refractivity contribution is -0.346. The van der Waals surface area contributed by atoms with Gasteiger partial charge in [0.1, 0.15) is 0 Å². The molecule has 0 spiro atoms. The molecule has 0 amide bonds. The molecule has 104 valence electrons. The van der Waals surface area contributed by atoms with E-state index in [1.807, 2.05) is 0 Å². The first-order valence-corrected chi connectivity index (χ1v) is 7.94. The summed E-state index contributed by atoms with van der Waals surface area (Å²) < 4.78 is 29.3. The second kappa shape index (κ2) is 6.97. The molecular formula is C7H16O8P2-2. The van der Waals surface area contributed by atoms with Crippen LogP contribution in [0.15, 0.2) is 0 Å². The highest BCUT2D eigenvalue weighted by Crippen LogP contribution is 2.37. The van der Waals surface area contributed by atoms with Gasteiger partial charge in [-0.05, 0) is 12.3 Å². The molecule has 0 bridgehead atoms. The molecule has 0 aromatic rings. The van der Waals surface area contributed by atoms with Crippen LogP contribution in [0.2, 0.25) is 0 Å². The van der Waals surface area contributed by atoms with E-state index in [2.05, 4.69) is 9.05 Å². The summed E-state index contributed by atoms with van der Waals surface area (Å²) >= 11 is 0. The fourth-order valence-electron chi connectivity index (χ4n) is 1.16. The third-order valence-corrected chi connectivity index (χ3v) is 3.25. The van der Waals surface area contributed by atoms with Gasteiger partial charge in [0.15, 0.2) is 0 Å². The molecule has 2 N–H and O–H groups in total. The van der Waals surface area contributed by atoms with Gasteiger partial charge >= 0.3 is 7.82 Å². The lowest BCUT2D eigenvalue weighted by atomic mass is 10.00. The van der Waals surface area contributed by atoms with Crippen molar-refractivity contribution in [3.05, 3.63) is 0 Å². The van der Waals surface area contributed by atoms with E-state index in [1.165, 1.54) is 0 Å². The van der Waals surface area contributed by atoms with Crippen molar-refractivity contribution in [2.75, 3.05) is 6.61 Å². The van der Waals surface area contributed by atoms with Crippen molar-refractivity contribution in [1.29, 1.82) is 0 Å². The van der Waals surface area contributed by atoms with Gasteiger partial charge in [-0.1, -0.05) is 20.3 Å². The van der Waals surface area contributed by atoms with Crippen LogP contribution in [0.3, 0.4) is 0 Å². The Morgan fingerprint density at radius 3 is 2.18 bits per heavy atom. The fraction of sp³-hybridized carbons (Fsp3) is 1.00. The smallest absolute Gasteiger partial charge is 0.469 e. The van der Waals surface area contributed by atoms with Crippen molar-refractivity contribution in [1.82, 2.24) is 0 Å². The van der Waals surface area contributed by atoms with Gasteiger partial charge in [0.2, 0.25) is 0 Å². The zero-order valence-corrected chi connectivity index (χ0v) is 11.3. The van der Waals surface area contributed by atoms with E-state index in [0.29, 0.717) is 6.42 Å². The standard InChI is InChI=1S/C7H18O8P2/c1-3-6(2)7(15-17(11,12)13)4-5-14-16(8,9)10/h6-7H,3-5H2,1-2H3,(H2,8,9,10)(H2,11,12,13)/p-2. The van der Waals surface area contributed by atoms with E-state index < -0.39 is 21.7 Å². The number of rotatable bonds is 8. The summed E-state index contributed by atoms with van der Waals surface area (Å²) in [6.45, 7) is 3.04. The molecule has 17 heavy (non-hydrogen) atoms. The molecule has 0 fully saturated rings. The van der Waals surface area contributed by atoms with Gasteiger partial charge in [0, 0.05) is 0 Å². The van der Waals surface area contributed by atoms with E-state index in [4.69, 9.17) is 9.79 Å². The monoisotopic (exact) mass is 290 g/mol. The van der Waals surface area contributed by atoms with Gasteiger partial charge in [-0.15, -0.1) is 0 Å². The second-order valence-electron chi connectivity index (χ2n) is 3.59. The van der Waals surface area contributed by atoms with E-state index in [9.17, 15) is 18.9 Å². The maximum Gasteiger partial charge on any atom is 0.469 e. The van der Waals surface area contributed by atoms with Crippen LogP contribution >= 0.6 is 15.6 Å². The Hall–Kier alpha value is 0.220. The zero-order chi connectivity index (χ0) is 13.7. The summed E-state index contributed by atoms with van der Waals surface area (Å²) in [5.41, 5.74) is 0. The van der Waals surface area contributed by atoms with Crippen LogP contribution in [-0.2, 0) is 18.2 Å². The van der Waals surface area contributed by atoms with E-state index in [1.54, 1.807) is 13.8 Å². The van der Waals surface area contributed by atoms with Gasteiger partial charge < -0.3 is 28.7 Å². The van der Waals surface area contributed by atoms with Crippen LogP contribution in [0.5, 0.6) is 0 Å². The molecule has 0 aliphatic rings. The third kappa shape index (κ3) is 9.88. The molecule has 0 saturated carbocycles. The molecule has 0 saturated heterocycles. The quantitative estimate of drug-likeness (QED) is 0.583. The molecule has 2 atom stereocenters. The summed E-state index contributed by atoms with van der Waals surface area (Å²) in [5.74, 6) is -0.244. The Morgan fingerprint density at radius 1 is 1.29 bits per heavy atom. The summed E-state index contributed by atoms with van der Waals surface area (Å²) in [7, 11) is -9.71. The minimum atomic E-state index is -5.12. The SMILES string of the molecule is CCC(C)C(CCOP(=O)(O)O)OP(=O)([O-])[O-]. The highest BCUT2D eigenvalue weighted by atomic mass is 31.2. The molecule has 8 nitrogen and oxygen atoms in total. The van der Waals surface area contributed by atoms with Crippen molar-refractivity contribution in [3.63, 3.8) is 0 Å². The van der Waals surface area contributed by atoms with Crippen LogP contribution in [-0.4, -0.2) is 22.5 Å². The van der Waals surface area contributed by atoms with Crippen LogP contribution < -0.4 is 9.79 Å². The van der Waals surface area contributed by atoms with Crippen LogP contribution in [0.1, 0.15) is 26.7 Å². The first-order valence-electron chi connectivity index (χ1n) is 4.95. The molecule has 0 heterocycles. The van der Waals surface area contributed by atoms with Crippen molar-refractivity contribution in [3.8, 4) is 0 Å². The molecular weight excluding hydrogens is 274 g/mol. The first kappa shape index (κ1) is 17.2. The third-order valence-electron chi connectivity index (χ3n) is 2.20.